The molecule has 0 saturated heterocycles. The number of benzene rings is 1. The van der Waals surface area contributed by atoms with Crippen LogP contribution in [-0.4, -0.2) is 25.0 Å². The average Bonchev–Trinajstić information content (AvgIpc) is 3.40. The number of hydrogen-bond acceptors (Lipinski definition) is 5. The van der Waals surface area contributed by atoms with Gasteiger partial charge in [-0.25, -0.2) is 23.1 Å². The molecule has 6 nitrogen and oxygen atoms in total. The monoisotopic (exact) mass is 411 g/mol. The van der Waals surface area contributed by atoms with Crippen molar-refractivity contribution in [3.8, 4) is 5.75 Å². The maximum Gasteiger partial charge on any atom is 0.244 e. The summed E-state index contributed by atoms with van der Waals surface area (Å²) in [7, 11) is -3.72. The molecule has 0 bridgehead atoms. The summed E-state index contributed by atoms with van der Waals surface area (Å²) in [5.74, 6) is 0.826. The smallest absolute Gasteiger partial charge is 0.244 e. The van der Waals surface area contributed by atoms with Gasteiger partial charge in [-0.1, -0.05) is 15.9 Å². The van der Waals surface area contributed by atoms with Gasteiger partial charge in [-0.3, -0.25) is 0 Å². The Hall–Kier alpha value is -1.51. The van der Waals surface area contributed by atoms with Gasteiger partial charge in [-0.05, 0) is 44.0 Å². The fourth-order valence-electron chi connectivity index (χ4n) is 2.33. The van der Waals surface area contributed by atoms with Gasteiger partial charge in [0, 0.05) is 16.1 Å². The largest absolute Gasteiger partial charge is 0.492 e. The van der Waals surface area contributed by atoms with Crippen molar-refractivity contribution in [2.24, 2.45) is 0 Å². The highest BCUT2D eigenvalue weighted by Gasteiger charge is 2.25. The van der Waals surface area contributed by atoms with E-state index in [1.807, 2.05) is 13.0 Å². The third-order valence-corrected chi connectivity index (χ3v) is 5.59. The summed E-state index contributed by atoms with van der Waals surface area (Å²) in [4.78, 5) is 8.49. The third kappa shape index (κ3) is 4.12. The lowest BCUT2D eigenvalue weighted by atomic mass is 10.2. The second-order valence-corrected chi connectivity index (χ2v) is 8.21. The lowest BCUT2D eigenvalue weighted by Crippen LogP contribution is -2.24. The highest BCUT2D eigenvalue weighted by molar-refractivity contribution is 9.10. The Bertz CT molecular complexity index is 838. The molecule has 2 aromatic rings. The molecule has 24 heavy (non-hydrogen) atoms. The number of halogens is 1. The molecule has 1 aliphatic carbocycles. The maximum atomic E-state index is 12.6. The normalized spacial score (nSPS) is 14.6. The van der Waals surface area contributed by atoms with Crippen molar-refractivity contribution in [3.05, 3.63) is 46.5 Å². The second-order valence-electron chi connectivity index (χ2n) is 5.56. The van der Waals surface area contributed by atoms with E-state index >= 15 is 0 Å². The minimum atomic E-state index is -3.72. The SMILES string of the molecule is CCOc1ccc(Br)cc1S(=O)(=O)NCc1cc(C2CC2)ncn1. The third-order valence-electron chi connectivity index (χ3n) is 3.68. The highest BCUT2D eigenvalue weighted by Crippen LogP contribution is 2.38. The highest BCUT2D eigenvalue weighted by atomic mass is 79.9. The van der Waals surface area contributed by atoms with Gasteiger partial charge in [0.05, 0.1) is 18.8 Å². The Morgan fingerprint density at radius 1 is 1.29 bits per heavy atom. The van der Waals surface area contributed by atoms with Crippen molar-refractivity contribution in [2.75, 3.05) is 6.61 Å². The molecule has 0 aliphatic heterocycles. The lowest BCUT2D eigenvalue weighted by Gasteiger charge is -2.12. The average molecular weight is 412 g/mol. The van der Waals surface area contributed by atoms with Gasteiger partial charge in [-0.2, -0.15) is 0 Å². The first-order valence-corrected chi connectivity index (χ1v) is 10.00. The molecule has 8 heteroatoms. The van der Waals surface area contributed by atoms with E-state index in [0.717, 1.165) is 18.5 Å². The Kier molecular flexibility index (Phi) is 5.17. The number of aromatic nitrogens is 2. The standard InChI is InChI=1S/C16H18BrN3O3S/c1-2-23-15-6-5-12(17)7-16(15)24(21,22)20-9-13-8-14(11-3-4-11)19-10-18-13/h5-8,10-11,20H,2-4,9H2,1H3. The van der Waals surface area contributed by atoms with Gasteiger partial charge < -0.3 is 4.74 Å². The zero-order chi connectivity index (χ0) is 17.2. The van der Waals surface area contributed by atoms with Gasteiger partial charge in [0.25, 0.3) is 0 Å². The summed E-state index contributed by atoms with van der Waals surface area (Å²) in [6, 6.07) is 6.78. The zero-order valence-corrected chi connectivity index (χ0v) is 15.6. The molecule has 1 aliphatic rings. The molecule has 1 aromatic heterocycles. The molecule has 0 atom stereocenters. The summed E-state index contributed by atoms with van der Waals surface area (Å²) < 4.78 is 33.9. The Labute approximate surface area is 149 Å². The topological polar surface area (TPSA) is 81.2 Å². The second kappa shape index (κ2) is 7.16. The molecule has 1 heterocycles. The Balaban J connectivity index is 1.79. The molecule has 0 amide bonds. The Morgan fingerprint density at radius 2 is 2.08 bits per heavy atom. The summed E-state index contributed by atoms with van der Waals surface area (Å²) >= 11 is 3.30. The molecule has 128 valence electrons. The van der Waals surface area contributed by atoms with E-state index in [2.05, 4.69) is 30.6 Å². The van der Waals surface area contributed by atoms with E-state index in [4.69, 9.17) is 4.74 Å². The number of ether oxygens (including phenoxy) is 1. The summed E-state index contributed by atoms with van der Waals surface area (Å²) in [6.07, 6.45) is 3.76. The van der Waals surface area contributed by atoms with Crippen molar-refractivity contribution < 1.29 is 13.2 Å². The molecular weight excluding hydrogens is 394 g/mol. The van der Waals surface area contributed by atoms with Crippen molar-refractivity contribution in [2.45, 2.75) is 37.1 Å². The Morgan fingerprint density at radius 3 is 2.79 bits per heavy atom. The van der Waals surface area contributed by atoms with E-state index in [9.17, 15) is 8.42 Å². The van der Waals surface area contributed by atoms with Crippen molar-refractivity contribution >= 4 is 26.0 Å². The number of rotatable bonds is 7. The van der Waals surface area contributed by atoms with Gasteiger partial charge in [0.15, 0.2) is 0 Å². The summed E-state index contributed by atoms with van der Waals surface area (Å²) in [6.45, 7) is 2.32. The number of hydrogen-bond donors (Lipinski definition) is 1. The van der Waals surface area contributed by atoms with Crippen LogP contribution in [0.5, 0.6) is 5.75 Å². The first-order valence-electron chi connectivity index (χ1n) is 7.72. The first-order chi connectivity index (χ1) is 11.5. The van der Waals surface area contributed by atoms with Crippen LogP contribution < -0.4 is 9.46 Å². The number of nitrogens with one attached hydrogen (secondary N) is 1. The predicted octanol–water partition coefficient (Wildman–Crippen LogP) is 2.99. The van der Waals surface area contributed by atoms with Gasteiger partial charge in [0.2, 0.25) is 10.0 Å². The van der Waals surface area contributed by atoms with Gasteiger partial charge in [0.1, 0.15) is 17.0 Å². The molecule has 1 N–H and O–H groups in total. The molecular formula is C16H18BrN3O3S. The van der Waals surface area contributed by atoms with Crippen molar-refractivity contribution in [1.82, 2.24) is 14.7 Å². The minimum absolute atomic E-state index is 0.107. The summed E-state index contributed by atoms with van der Waals surface area (Å²) in [5.41, 5.74) is 1.64. The van der Waals surface area contributed by atoms with Crippen LogP contribution in [0.4, 0.5) is 0 Å². The molecule has 0 spiro atoms. The van der Waals surface area contributed by atoms with Crippen LogP contribution in [0.1, 0.15) is 37.1 Å². The quantitative estimate of drug-likeness (QED) is 0.756. The molecule has 1 fully saturated rings. The fourth-order valence-corrected chi connectivity index (χ4v) is 4.01. The molecule has 1 aromatic carbocycles. The number of sulfonamides is 1. The number of nitrogens with zero attached hydrogens (tertiary/aromatic N) is 2. The molecule has 1 saturated carbocycles. The van der Waals surface area contributed by atoms with E-state index < -0.39 is 10.0 Å². The van der Waals surface area contributed by atoms with E-state index in [1.165, 1.54) is 12.4 Å². The van der Waals surface area contributed by atoms with Crippen molar-refractivity contribution in [3.63, 3.8) is 0 Å². The van der Waals surface area contributed by atoms with Crippen LogP contribution in [-0.2, 0) is 16.6 Å². The maximum absolute atomic E-state index is 12.6. The van der Waals surface area contributed by atoms with E-state index in [-0.39, 0.29) is 11.4 Å². The fraction of sp³-hybridized carbons (Fsp3) is 0.375. The molecule has 0 radical (unpaired) electrons. The van der Waals surface area contributed by atoms with E-state index in [1.54, 1.807) is 12.1 Å². The lowest BCUT2D eigenvalue weighted by molar-refractivity contribution is 0.331. The van der Waals surface area contributed by atoms with Crippen LogP contribution in [0.25, 0.3) is 0 Å². The molecule has 3 rings (SSSR count). The minimum Gasteiger partial charge on any atom is -0.492 e. The summed E-state index contributed by atoms with van der Waals surface area (Å²) in [5, 5.41) is 0. The van der Waals surface area contributed by atoms with Crippen LogP contribution in [0, 0.1) is 0 Å². The first kappa shape index (κ1) is 17.3. The van der Waals surface area contributed by atoms with Crippen molar-refractivity contribution in [1.29, 1.82) is 0 Å². The van der Waals surface area contributed by atoms with Gasteiger partial charge >= 0.3 is 0 Å². The van der Waals surface area contributed by atoms with Gasteiger partial charge in [-0.15, -0.1) is 0 Å². The van der Waals surface area contributed by atoms with Crippen LogP contribution >= 0.6 is 15.9 Å². The van der Waals surface area contributed by atoms with Crippen LogP contribution in [0.15, 0.2) is 40.0 Å². The van der Waals surface area contributed by atoms with E-state index in [0.29, 0.717) is 28.4 Å². The van der Waals surface area contributed by atoms with Crippen LogP contribution in [0.3, 0.4) is 0 Å². The molecule has 0 unspecified atom stereocenters. The zero-order valence-electron chi connectivity index (χ0n) is 13.2. The predicted molar refractivity (Wildman–Crippen MR) is 93.3 cm³/mol. The van der Waals surface area contributed by atoms with Crippen LogP contribution in [0.2, 0.25) is 0 Å².